The fourth-order valence-corrected chi connectivity index (χ4v) is 2.03. The number of ether oxygens (including phenoxy) is 2. The summed E-state index contributed by atoms with van der Waals surface area (Å²) < 4.78 is 10.8. The molecule has 2 rings (SSSR count). The highest BCUT2D eigenvalue weighted by molar-refractivity contribution is 5.92. The van der Waals surface area contributed by atoms with Gasteiger partial charge in [0, 0.05) is 24.8 Å². The van der Waals surface area contributed by atoms with E-state index in [4.69, 9.17) is 9.47 Å². The van der Waals surface area contributed by atoms with Gasteiger partial charge >= 0.3 is 0 Å². The van der Waals surface area contributed by atoms with Crippen LogP contribution in [0.1, 0.15) is 6.92 Å². The Morgan fingerprint density at radius 1 is 1.43 bits per heavy atom. The summed E-state index contributed by atoms with van der Waals surface area (Å²) in [5.74, 6) is 0.705. The Kier molecular flexibility index (Phi) is 5.78. The van der Waals surface area contributed by atoms with E-state index in [2.05, 4.69) is 16.8 Å². The molecule has 1 N–H and O–H groups in total. The lowest BCUT2D eigenvalue weighted by molar-refractivity contribution is -0.118. The van der Waals surface area contributed by atoms with Gasteiger partial charge in [-0.15, -0.1) is 0 Å². The van der Waals surface area contributed by atoms with Gasteiger partial charge in [-0.2, -0.15) is 0 Å². The molecule has 1 aromatic carbocycles. The zero-order valence-electron chi connectivity index (χ0n) is 12.4. The summed E-state index contributed by atoms with van der Waals surface area (Å²) in [5.41, 5.74) is 1.70. The lowest BCUT2D eigenvalue weighted by Gasteiger charge is -2.25. The first-order chi connectivity index (χ1) is 10.1. The van der Waals surface area contributed by atoms with Gasteiger partial charge in [0.25, 0.3) is 0 Å². The fourth-order valence-electron chi connectivity index (χ4n) is 2.03. The van der Waals surface area contributed by atoms with Crippen LogP contribution in [-0.2, 0) is 9.53 Å². The van der Waals surface area contributed by atoms with Crippen molar-refractivity contribution < 1.29 is 14.3 Å². The third-order valence-corrected chi connectivity index (χ3v) is 3.07. The van der Waals surface area contributed by atoms with Gasteiger partial charge in [0.05, 0.1) is 19.8 Å². The van der Waals surface area contributed by atoms with Crippen molar-refractivity contribution in [3.8, 4) is 5.75 Å². The van der Waals surface area contributed by atoms with Gasteiger partial charge in [-0.05, 0) is 24.6 Å². The van der Waals surface area contributed by atoms with Crippen LogP contribution in [0, 0.1) is 0 Å². The Morgan fingerprint density at radius 2 is 2.19 bits per heavy atom. The van der Waals surface area contributed by atoms with E-state index in [1.807, 2.05) is 31.2 Å². The lowest BCUT2D eigenvalue weighted by atomic mass is 10.3. The molecule has 5 heteroatoms. The fraction of sp³-hybridized carbons (Fsp3) is 0.438. The molecule has 21 heavy (non-hydrogen) atoms. The largest absolute Gasteiger partial charge is 0.489 e. The topological polar surface area (TPSA) is 50.8 Å². The Balaban J connectivity index is 1.85. The van der Waals surface area contributed by atoms with E-state index >= 15 is 0 Å². The first-order valence-corrected chi connectivity index (χ1v) is 7.10. The molecular formula is C16H22N2O3. The maximum Gasteiger partial charge on any atom is 0.238 e. The van der Waals surface area contributed by atoms with Crippen LogP contribution in [0.4, 0.5) is 5.69 Å². The number of nitrogens with zero attached hydrogens (tertiary/aromatic N) is 1. The van der Waals surface area contributed by atoms with E-state index in [9.17, 15) is 4.79 Å². The van der Waals surface area contributed by atoms with Crippen molar-refractivity contribution in [3.63, 3.8) is 0 Å². The van der Waals surface area contributed by atoms with Crippen molar-refractivity contribution in [3.05, 3.63) is 36.4 Å². The highest BCUT2D eigenvalue weighted by Crippen LogP contribution is 2.17. The molecule has 0 bridgehead atoms. The summed E-state index contributed by atoms with van der Waals surface area (Å²) in [4.78, 5) is 14.1. The van der Waals surface area contributed by atoms with Crippen LogP contribution in [0.15, 0.2) is 36.4 Å². The minimum atomic E-state index is -0.0195. The van der Waals surface area contributed by atoms with Crippen molar-refractivity contribution >= 4 is 11.6 Å². The second-order valence-corrected chi connectivity index (χ2v) is 5.21. The number of morpholine rings is 1. The molecule has 1 aliphatic heterocycles. The Morgan fingerprint density at radius 3 is 2.90 bits per heavy atom. The molecule has 1 fully saturated rings. The number of hydrogen-bond donors (Lipinski definition) is 1. The molecule has 114 valence electrons. The monoisotopic (exact) mass is 290 g/mol. The van der Waals surface area contributed by atoms with E-state index in [1.54, 1.807) is 0 Å². The number of hydrogen-bond acceptors (Lipinski definition) is 4. The van der Waals surface area contributed by atoms with Gasteiger partial charge in [0.1, 0.15) is 12.4 Å². The highest BCUT2D eigenvalue weighted by Gasteiger charge is 2.14. The Labute approximate surface area is 125 Å². The number of carbonyl (C=O) groups excluding carboxylic acids is 1. The number of benzene rings is 1. The molecule has 0 aromatic heterocycles. The van der Waals surface area contributed by atoms with Gasteiger partial charge in [-0.1, -0.05) is 12.6 Å². The summed E-state index contributed by atoms with van der Waals surface area (Å²) >= 11 is 0. The number of amides is 1. The van der Waals surface area contributed by atoms with Gasteiger partial charge in [0.15, 0.2) is 0 Å². The first kappa shape index (κ1) is 15.5. The van der Waals surface area contributed by atoms with Crippen LogP contribution in [0.2, 0.25) is 0 Å². The minimum Gasteiger partial charge on any atom is -0.489 e. The van der Waals surface area contributed by atoms with Crippen molar-refractivity contribution in [2.24, 2.45) is 0 Å². The van der Waals surface area contributed by atoms with Gasteiger partial charge < -0.3 is 14.8 Å². The molecule has 0 saturated carbocycles. The van der Waals surface area contributed by atoms with Gasteiger partial charge in [-0.3, -0.25) is 9.69 Å². The lowest BCUT2D eigenvalue weighted by Crippen LogP contribution is -2.41. The van der Waals surface area contributed by atoms with E-state index in [0.29, 0.717) is 26.4 Å². The number of rotatable bonds is 6. The second kappa shape index (κ2) is 7.81. The summed E-state index contributed by atoms with van der Waals surface area (Å²) in [6, 6.07) is 7.39. The summed E-state index contributed by atoms with van der Waals surface area (Å²) in [6.07, 6.45) is 0. The average Bonchev–Trinajstić information content (AvgIpc) is 2.46. The predicted octanol–water partition coefficient (Wildman–Crippen LogP) is 1.91. The summed E-state index contributed by atoms with van der Waals surface area (Å²) in [7, 11) is 0. The highest BCUT2D eigenvalue weighted by atomic mass is 16.5. The standard InChI is InChI=1S/C16H22N2O3/c1-13(2)12-21-15-5-3-4-14(10-15)17-16(19)11-18-6-8-20-9-7-18/h3-5,10H,1,6-9,11-12H2,2H3,(H,17,19). The molecule has 0 aliphatic carbocycles. The minimum absolute atomic E-state index is 0.0195. The number of carbonyl (C=O) groups is 1. The van der Waals surface area contributed by atoms with Crippen molar-refractivity contribution in [2.75, 3.05) is 44.8 Å². The molecule has 0 atom stereocenters. The summed E-state index contributed by atoms with van der Waals surface area (Å²) in [5, 5.41) is 2.89. The molecule has 1 aromatic rings. The third kappa shape index (κ3) is 5.57. The van der Waals surface area contributed by atoms with Crippen LogP contribution in [0.25, 0.3) is 0 Å². The third-order valence-electron chi connectivity index (χ3n) is 3.07. The zero-order chi connectivity index (χ0) is 15.1. The molecule has 0 radical (unpaired) electrons. The number of nitrogens with one attached hydrogen (secondary N) is 1. The maximum absolute atomic E-state index is 12.0. The van der Waals surface area contributed by atoms with E-state index in [1.165, 1.54) is 0 Å². The quantitative estimate of drug-likeness (QED) is 0.813. The van der Waals surface area contributed by atoms with Crippen molar-refractivity contribution in [1.82, 2.24) is 4.90 Å². The molecular weight excluding hydrogens is 268 g/mol. The maximum atomic E-state index is 12.0. The average molecular weight is 290 g/mol. The van der Waals surface area contributed by atoms with E-state index < -0.39 is 0 Å². The van der Waals surface area contributed by atoms with Crippen LogP contribution >= 0.6 is 0 Å². The molecule has 1 saturated heterocycles. The van der Waals surface area contributed by atoms with Crippen LogP contribution in [0.3, 0.4) is 0 Å². The molecule has 0 spiro atoms. The molecule has 1 heterocycles. The van der Waals surface area contributed by atoms with Crippen LogP contribution < -0.4 is 10.1 Å². The summed E-state index contributed by atoms with van der Waals surface area (Å²) in [6.45, 7) is 9.56. The normalized spacial score (nSPS) is 15.5. The van der Waals surface area contributed by atoms with Crippen LogP contribution in [0.5, 0.6) is 5.75 Å². The predicted molar refractivity (Wildman–Crippen MR) is 82.6 cm³/mol. The Bertz CT molecular complexity index is 496. The molecule has 1 aliphatic rings. The van der Waals surface area contributed by atoms with E-state index in [0.717, 1.165) is 30.1 Å². The second-order valence-electron chi connectivity index (χ2n) is 5.21. The Hall–Kier alpha value is -1.85. The van der Waals surface area contributed by atoms with Crippen molar-refractivity contribution in [2.45, 2.75) is 6.92 Å². The van der Waals surface area contributed by atoms with E-state index in [-0.39, 0.29) is 5.91 Å². The number of anilines is 1. The SMILES string of the molecule is C=C(C)COc1cccc(NC(=O)CN2CCOCC2)c1. The molecule has 0 unspecified atom stereocenters. The zero-order valence-corrected chi connectivity index (χ0v) is 12.4. The molecule has 5 nitrogen and oxygen atoms in total. The van der Waals surface area contributed by atoms with Gasteiger partial charge in [-0.25, -0.2) is 0 Å². The smallest absolute Gasteiger partial charge is 0.238 e. The van der Waals surface area contributed by atoms with Crippen LogP contribution in [-0.4, -0.2) is 50.3 Å². The molecule has 1 amide bonds. The van der Waals surface area contributed by atoms with Gasteiger partial charge in [0.2, 0.25) is 5.91 Å². The van der Waals surface area contributed by atoms with Crippen molar-refractivity contribution in [1.29, 1.82) is 0 Å². The first-order valence-electron chi connectivity index (χ1n) is 7.10.